The Labute approximate surface area is 145 Å². The smallest absolute Gasteiger partial charge is 0.303 e. The summed E-state index contributed by atoms with van der Waals surface area (Å²) in [6.45, 7) is 11.6. The predicted molar refractivity (Wildman–Crippen MR) is 91.8 cm³/mol. The minimum Gasteiger partial charge on any atom is -0.481 e. The molecule has 2 heterocycles. The van der Waals surface area contributed by atoms with E-state index in [0.29, 0.717) is 13.1 Å². The van der Waals surface area contributed by atoms with Crippen LogP contribution >= 0.6 is 0 Å². The van der Waals surface area contributed by atoms with Gasteiger partial charge in [0.05, 0.1) is 13.2 Å². The number of hydrogen-bond donors (Lipinski definition) is 1. The van der Waals surface area contributed by atoms with Gasteiger partial charge in [-0.1, -0.05) is 20.8 Å². The Morgan fingerprint density at radius 1 is 1.12 bits per heavy atom. The van der Waals surface area contributed by atoms with E-state index in [0.717, 1.165) is 45.7 Å². The third-order valence-electron chi connectivity index (χ3n) is 5.18. The summed E-state index contributed by atoms with van der Waals surface area (Å²) in [5, 5.41) is 9.20. The van der Waals surface area contributed by atoms with Crippen molar-refractivity contribution in [3.05, 3.63) is 0 Å². The summed E-state index contributed by atoms with van der Waals surface area (Å²) in [7, 11) is 0. The number of morpholine rings is 1. The fraction of sp³-hybridized carbons (Fsp3) is 0.889. The molecule has 0 unspecified atom stereocenters. The Morgan fingerprint density at radius 3 is 2.38 bits per heavy atom. The molecule has 2 atom stereocenters. The highest BCUT2D eigenvalue weighted by Crippen LogP contribution is 2.31. The van der Waals surface area contributed by atoms with Gasteiger partial charge in [0.2, 0.25) is 5.91 Å². The Morgan fingerprint density at radius 2 is 1.79 bits per heavy atom. The number of carboxylic acid groups (broad SMARTS) is 1. The largest absolute Gasteiger partial charge is 0.481 e. The monoisotopic (exact) mass is 340 g/mol. The van der Waals surface area contributed by atoms with Crippen LogP contribution in [-0.2, 0) is 14.3 Å². The SMILES string of the molecule is CC(C)(C)C(=O)N1CC[C@@H](CC(=O)O)[C@@H](CCN2CCOCC2)C1. The lowest BCUT2D eigenvalue weighted by atomic mass is 9.80. The summed E-state index contributed by atoms with van der Waals surface area (Å²) in [4.78, 5) is 28.1. The fourth-order valence-electron chi connectivity index (χ4n) is 3.73. The molecule has 0 aromatic heterocycles. The first-order valence-electron chi connectivity index (χ1n) is 9.08. The minimum absolute atomic E-state index is 0.174. The zero-order valence-corrected chi connectivity index (χ0v) is 15.3. The van der Waals surface area contributed by atoms with E-state index in [-0.39, 0.29) is 29.6 Å². The van der Waals surface area contributed by atoms with Gasteiger partial charge in [-0.2, -0.15) is 0 Å². The van der Waals surface area contributed by atoms with Crippen molar-refractivity contribution in [2.45, 2.75) is 40.0 Å². The van der Waals surface area contributed by atoms with Gasteiger partial charge in [-0.05, 0) is 31.2 Å². The topological polar surface area (TPSA) is 70.1 Å². The first kappa shape index (κ1) is 19.2. The van der Waals surface area contributed by atoms with Crippen LogP contribution in [0.4, 0.5) is 0 Å². The molecule has 6 heteroatoms. The maximum atomic E-state index is 12.6. The second kappa shape index (κ2) is 8.30. The van der Waals surface area contributed by atoms with Crippen LogP contribution in [0.5, 0.6) is 0 Å². The van der Waals surface area contributed by atoms with E-state index in [2.05, 4.69) is 4.90 Å². The molecule has 0 spiro atoms. The number of carbonyl (C=O) groups excluding carboxylic acids is 1. The first-order valence-corrected chi connectivity index (χ1v) is 9.08. The van der Waals surface area contributed by atoms with E-state index in [1.165, 1.54) is 0 Å². The summed E-state index contributed by atoms with van der Waals surface area (Å²) in [6.07, 6.45) is 1.96. The number of carboxylic acids is 1. The van der Waals surface area contributed by atoms with Crippen molar-refractivity contribution in [3.63, 3.8) is 0 Å². The lowest BCUT2D eigenvalue weighted by molar-refractivity contribution is -0.143. The summed E-state index contributed by atoms with van der Waals surface area (Å²) >= 11 is 0. The number of aliphatic carboxylic acids is 1. The fourth-order valence-corrected chi connectivity index (χ4v) is 3.73. The molecule has 2 rings (SSSR count). The summed E-state index contributed by atoms with van der Waals surface area (Å²) in [5.74, 6) is -0.115. The highest BCUT2D eigenvalue weighted by molar-refractivity contribution is 5.81. The van der Waals surface area contributed by atoms with Crippen LogP contribution in [0.3, 0.4) is 0 Å². The molecule has 0 aromatic rings. The number of likely N-dealkylation sites (tertiary alicyclic amines) is 1. The normalized spacial score (nSPS) is 26.4. The molecule has 0 bridgehead atoms. The number of carbonyl (C=O) groups is 2. The van der Waals surface area contributed by atoms with Crippen LogP contribution in [0.15, 0.2) is 0 Å². The van der Waals surface area contributed by atoms with Gasteiger partial charge in [0.15, 0.2) is 0 Å². The zero-order valence-electron chi connectivity index (χ0n) is 15.3. The Hall–Kier alpha value is -1.14. The standard InChI is InChI=1S/C18H32N2O4/c1-18(2,3)17(23)20-7-5-14(12-16(21)22)15(13-20)4-6-19-8-10-24-11-9-19/h14-15H,4-13H2,1-3H3,(H,21,22)/t14-,15-/m0/s1. The van der Waals surface area contributed by atoms with E-state index in [1.807, 2.05) is 25.7 Å². The molecule has 0 saturated carbocycles. The molecule has 24 heavy (non-hydrogen) atoms. The lowest BCUT2D eigenvalue weighted by Crippen LogP contribution is -2.49. The van der Waals surface area contributed by atoms with E-state index in [4.69, 9.17) is 4.74 Å². The van der Waals surface area contributed by atoms with Crippen molar-refractivity contribution < 1.29 is 19.4 Å². The van der Waals surface area contributed by atoms with Gasteiger partial charge in [0, 0.05) is 38.0 Å². The van der Waals surface area contributed by atoms with Crippen LogP contribution in [0, 0.1) is 17.3 Å². The maximum absolute atomic E-state index is 12.6. The molecule has 0 radical (unpaired) electrons. The van der Waals surface area contributed by atoms with Gasteiger partial charge >= 0.3 is 5.97 Å². The van der Waals surface area contributed by atoms with Gasteiger partial charge in [-0.15, -0.1) is 0 Å². The van der Waals surface area contributed by atoms with E-state index < -0.39 is 5.97 Å². The average molecular weight is 340 g/mol. The van der Waals surface area contributed by atoms with Crippen LogP contribution in [-0.4, -0.2) is 72.7 Å². The molecular weight excluding hydrogens is 308 g/mol. The van der Waals surface area contributed by atoms with Crippen LogP contribution in [0.1, 0.15) is 40.0 Å². The highest BCUT2D eigenvalue weighted by Gasteiger charge is 2.36. The van der Waals surface area contributed by atoms with Crippen molar-refractivity contribution >= 4 is 11.9 Å². The van der Waals surface area contributed by atoms with E-state index in [1.54, 1.807) is 0 Å². The third-order valence-corrected chi connectivity index (χ3v) is 5.18. The van der Waals surface area contributed by atoms with Crippen molar-refractivity contribution in [3.8, 4) is 0 Å². The molecule has 1 N–H and O–H groups in total. The van der Waals surface area contributed by atoms with Crippen LogP contribution in [0.2, 0.25) is 0 Å². The first-order chi connectivity index (χ1) is 11.3. The van der Waals surface area contributed by atoms with Crippen LogP contribution < -0.4 is 0 Å². The lowest BCUT2D eigenvalue weighted by Gasteiger charge is -2.41. The van der Waals surface area contributed by atoms with Gasteiger partial charge in [0.25, 0.3) is 0 Å². The highest BCUT2D eigenvalue weighted by atomic mass is 16.5. The number of nitrogens with zero attached hydrogens (tertiary/aromatic N) is 2. The number of hydrogen-bond acceptors (Lipinski definition) is 4. The summed E-state index contributed by atoms with van der Waals surface area (Å²) in [6, 6.07) is 0. The van der Waals surface area contributed by atoms with Crippen molar-refractivity contribution in [2.24, 2.45) is 17.3 Å². The summed E-state index contributed by atoms with van der Waals surface area (Å²) < 4.78 is 5.38. The van der Waals surface area contributed by atoms with Crippen molar-refractivity contribution in [1.29, 1.82) is 0 Å². The van der Waals surface area contributed by atoms with Gasteiger partial charge in [-0.3, -0.25) is 14.5 Å². The van der Waals surface area contributed by atoms with Crippen LogP contribution in [0.25, 0.3) is 0 Å². The Bertz CT molecular complexity index is 441. The third kappa shape index (κ3) is 5.45. The number of rotatable bonds is 5. The minimum atomic E-state index is -0.730. The molecule has 2 aliphatic rings. The molecular formula is C18H32N2O4. The molecule has 2 fully saturated rings. The van der Waals surface area contributed by atoms with E-state index in [9.17, 15) is 14.7 Å². The maximum Gasteiger partial charge on any atom is 0.303 e. The molecule has 1 amide bonds. The van der Waals surface area contributed by atoms with Gasteiger partial charge < -0.3 is 14.7 Å². The molecule has 0 aliphatic carbocycles. The molecule has 138 valence electrons. The van der Waals surface area contributed by atoms with E-state index >= 15 is 0 Å². The molecule has 2 saturated heterocycles. The molecule has 6 nitrogen and oxygen atoms in total. The van der Waals surface area contributed by atoms with Gasteiger partial charge in [0.1, 0.15) is 0 Å². The Balaban J connectivity index is 1.96. The average Bonchev–Trinajstić information content (AvgIpc) is 2.53. The zero-order chi connectivity index (χ0) is 17.7. The number of amides is 1. The predicted octanol–water partition coefficient (Wildman–Crippen LogP) is 1.69. The summed E-state index contributed by atoms with van der Waals surface area (Å²) in [5.41, 5.74) is -0.381. The van der Waals surface area contributed by atoms with Gasteiger partial charge in [-0.25, -0.2) is 0 Å². The van der Waals surface area contributed by atoms with Crippen molar-refractivity contribution in [1.82, 2.24) is 9.80 Å². The molecule has 2 aliphatic heterocycles. The Kier molecular flexibility index (Phi) is 6.63. The second-order valence-corrected chi connectivity index (χ2v) is 8.15. The number of ether oxygens (including phenoxy) is 1. The molecule has 0 aromatic carbocycles. The second-order valence-electron chi connectivity index (χ2n) is 8.15. The quantitative estimate of drug-likeness (QED) is 0.825. The number of piperidine rings is 1. The van der Waals surface area contributed by atoms with Crippen molar-refractivity contribution in [2.75, 3.05) is 45.9 Å².